The zero-order chi connectivity index (χ0) is 19.1. The molecule has 1 N–H and O–H groups in total. The number of carboxylic acids is 1. The minimum absolute atomic E-state index is 0.199. The molecule has 0 saturated carbocycles. The Labute approximate surface area is 166 Å². The second kappa shape index (κ2) is 7.15. The number of carbonyl (C=O) groups is 2. The Morgan fingerprint density at radius 2 is 1.93 bits per heavy atom. The minimum atomic E-state index is -1.00. The molecule has 7 heteroatoms. The number of rotatable bonds is 3. The molecule has 3 atom stereocenters. The van der Waals surface area contributed by atoms with Crippen LogP contribution in [0.3, 0.4) is 0 Å². The number of halogens is 2. The highest BCUT2D eigenvalue weighted by atomic mass is 35.5. The van der Waals surface area contributed by atoms with Gasteiger partial charge in [-0.2, -0.15) is 0 Å². The number of carboxylic acid groups (broad SMARTS) is 1. The van der Waals surface area contributed by atoms with E-state index in [4.69, 9.17) is 27.9 Å². The Balaban J connectivity index is 1.94. The molecule has 1 saturated heterocycles. The van der Waals surface area contributed by atoms with Crippen LogP contribution in [-0.2, 0) is 9.53 Å². The first-order chi connectivity index (χ1) is 13.0. The lowest BCUT2D eigenvalue weighted by Crippen LogP contribution is -2.50. The fraction of sp³-hybridized carbons (Fsp3) is 0.300. The summed E-state index contributed by atoms with van der Waals surface area (Å²) in [5.74, 6) is -2.14. The van der Waals surface area contributed by atoms with Gasteiger partial charge in [-0.05, 0) is 35.7 Å². The van der Waals surface area contributed by atoms with E-state index in [1.165, 1.54) is 0 Å². The molecule has 0 radical (unpaired) electrons. The van der Waals surface area contributed by atoms with E-state index in [1.54, 1.807) is 47.4 Å². The molecule has 1 fully saturated rings. The van der Waals surface area contributed by atoms with Crippen molar-refractivity contribution in [3.05, 3.63) is 69.2 Å². The summed E-state index contributed by atoms with van der Waals surface area (Å²) in [5.41, 5.74) is 1.49. The zero-order valence-electron chi connectivity index (χ0n) is 14.3. The summed E-state index contributed by atoms with van der Waals surface area (Å²) >= 11 is 12.5. The molecule has 0 spiro atoms. The van der Waals surface area contributed by atoms with E-state index in [9.17, 15) is 14.7 Å². The number of fused-ring (bicyclic) bond motifs is 1. The summed E-state index contributed by atoms with van der Waals surface area (Å²) in [7, 11) is 0. The topological polar surface area (TPSA) is 66.8 Å². The van der Waals surface area contributed by atoms with Gasteiger partial charge in [-0.15, -0.1) is 0 Å². The molecular formula is C20H17Cl2NO4. The van der Waals surface area contributed by atoms with Gasteiger partial charge < -0.3 is 14.7 Å². The summed E-state index contributed by atoms with van der Waals surface area (Å²) < 4.78 is 5.48. The van der Waals surface area contributed by atoms with Crippen molar-refractivity contribution >= 4 is 35.1 Å². The molecule has 0 aromatic heterocycles. The number of hydrogen-bond donors (Lipinski definition) is 1. The van der Waals surface area contributed by atoms with Crippen LogP contribution >= 0.6 is 23.2 Å². The van der Waals surface area contributed by atoms with Gasteiger partial charge in [0, 0.05) is 22.2 Å². The molecule has 140 valence electrons. The normalized spacial score (nSPS) is 24.7. The number of amides is 1. The van der Waals surface area contributed by atoms with Gasteiger partial charge in [0.05, 0.1) is 18.7 Å². The minimum Gasteiger partial charge on any atom is -0.481 e. The first kappa shape index (κ1) is 18.3. The summed E-state index contributed by atoms with van der Waals surface area (Å²) in [6, 6.07) is 10.9. The van der Waals surface area contributed by atoms with E-state index in [1.807, 2.05) is 0 Å². The van der Waals surface area contributed by atoms with Gasteiger partial charge in [-0.1, -0.05) is 47.5 Å². The quantitative estimate of drug-likeness (QED) is 0.832. The first-order valence-corrected chi connectivity index (χ1v) is 9.41. The van der Waals surface area contributed by atoms with E-state index in [0.29, 0.717) is 46.4 Å². The van der Waals surface area contributed by atoms with Crippen LogP contribution in [0.1, 0.15) is 39.9 Å². The third kappa shape index (κ3) is 3.10. The molecule has 0 bridgehead atoms. The summed E-state index contributed by atoms with van der Waals surface area (Å²) in [6.45, 7) is 0.914. The summed E-state index contributed by atoms with van der Waals surface area (Å²) in [5, 5.41) is 10.9. The second-order valence-electron chi connectivity index (χ2n) is 6.74. The Kier molecular flexibility index (Phi) is 4.84. The molecule has 2 aliphatic heterocycles. The van der Waals surface area contributed by atoms with E-state index in [0.717, 1.165) is 0 Å². The maximum absolute atomic E-state index is 13.3. The summed E-state index contributed by atoms with van der Waals surface area (Å²) in [6.07, 6.45) is 0.655. The van der Waals surface area contributed by atoms with Gasteiger partial charge in [0.1, 0.15) is 5.92 Å². The third-order valence-electron chi connectivity index (χ3n) is 5.22. The highest BCUT2D eigenvalue weighted by molar-refractivity contribution is 6.35. The lowest BCUT2D eigenvalue weighted by molar-refractivity contribution is -0.141. The Morgan fingerprint density at radius 1 is 1.15 bits per heavy atom. The maximum atomic E-state index is 13.3. The van der Waals surface area contributed by atoms with Crippen molar-refractivity contribution in [2.75, 3.05) is 13.2 Å². The van der Waals surface area contributed by atoms with Crippen molar-refractivity contribution in [3.63, 3.8) is 0 Å². The number of aliphatic carboxylic acids is 1. The number of carbonyl (C=O) groups excluding carboxylic acids is 1. The van der Waals surface area contributed by atoms with E-state index < -0.39 is 17.9 Å². The van der Waals surface area contributed by atoms with Crippen molar-refractivity contribution in [1.82, 2.24) is 4.90 Å². The highest BCUT2D eigenvalue weighted by Gasteiger charge is 2.47. The molecule has 2 aromatic carbocycles. The van der Waals surface area contributed by atoms with Crippen molar-refractivity contribution < 1.29 is 19.4 Å². The van der Waals surface area contributed by atoms with Crippen LogP contribution in [0.15, 0.2) is 42.5 Å². The van der Waals surface area contributed by atoms with Gasteiger partial charge in [0.25, 0.3) is 5.91 Å². The van der Waals surface area contributed by atoms with E-state index in [2.05, 4.69) is 0 Å². The average molecular weight is 406 g/mol. The number of ether oxygens (including phenoxy) is 1. The van der Waals surface area contributed by atoms with Gasteiger partial charge in [0.2, 0.25) is 0 Å². The Bertz CT molecular complexity index is 911. The fourth-order valence-corrected chi connectivity index (χ4v) is 4.55. The van der Waals surface area contributed by atoms with Crippen LogP contribution in [0.5, 0.6) is 0 Å². The monoisotopic (exact) mass is 405 g/mol. The standard InChI is InChI=1S/C20H17Cl2NO4/c21-11-5-6-15(16(22)9-11)18-17(20(25)26)13-3-1-2-4-14(13)19(24)23(18)12-7-8-27-10-12/h1-6,9,12,17-18H,7-8,10H2,(H,25,26). The predicted octanol–water partition coefficient (Wildman–Crippen LogP) is 4.15. The molecule has 5 nitrogen and oxygen atoms in total. The van der Waals surface area contributed by atoms with Gasteiger partial charge >= 0.3 is 5.97 Å². The molecular weight excluding hydrogens is 389 g/mol. The molecule has 2 heterocycles. The highest BCUT2D eigenvalue weighted by Crippen LogP contribution is 2.46. The first-order valence-electron chi connectivity index (χ1n) is 8.66. The molecule has 2 aromatic rings. The van der Waals surface area contributed by atoms with Gasteiger partial charge in [0.15, 0.2) is 0 Å². The SMILES string of the molecule is O=C(O)C1c2ccccc2C(=O)N(C2CCOC2)C1c1ccc(Cl)cc1Cl. The van der Waals surface area contributed by atoms with Crippen molar-refractivity contribution in [3.8, 4) is 0 Å². The van der Waals surface area contributed by atoms with Crippen molar-refractivity contribution in [1.29, 1.82) is 0 Å². The third-order valence-corrected chi connectivity index (χ3v) is 5.78. The lowest BCUT2D eigenvalue weighted by Gasteiger charge is -2.43. The Morgan fingerprint density at radius 3 is 2.59 bits per heavy atom. The second-order valence-corrected chi connectivity index (χ2v) is 7.59. The van der Waals surface area contributed by atoms with Crippen LogP contribution < -0.4 is 0 Å². The van der Waals surface area contributed by atoms with Gasteiger partial charge in [-0.3, -0.25) is 9.59 Å². The number of benzene rings is 2. The predicted molar refractivity (Wildman–Crippen MR) is 101 cm³/mol. The molecule has 27 heavy (non-hydrogen) atoms. The zero-order valence-corrected chi connectivity index (χ0v) is 15.8. The molecule has 2 aliphatic rings. The fourth-order valence-electron chi connectivity index (χ4n) is 4.03. The van der Waals surface area contributed by atoms with Crippen LogP contribution in [-0.4, -0.2) is 41.1 Å². The van der Waals surface area contributed by atoms with Crippen molar-refractivity contribution in [2.24, 2.45) is 0 Å². The summed E-state index contributed by atoms with van der Waals surface area (Å²) in [4.78, 5) is 27.3. The largest absolute Gasteiger partial charge is 0.481 e. The van der Waals surface area contributed by atoms with E-state index >= 15 is 0 Å². The molecule has 0 aliphatic carbocycles. The van der Waals surface area contributed by atoms with Crippen LogP contribution in [0.4, 0.5) is 0 Å². The smallest absolute Gasteiger partial charge is 0.313 e. The lowest BCUT2D eigenvalue weighted by atomic mass is 9.79. The van der Waals surface area contributed by atoms with E-state index in [-0.39, 0.29) is 11.9 Å². The number of hydrogen-bond acceptors (Lipinski definition) is 3. The van der Waals surface area contributed by atoms with Crippen LogP contribution in [0, 0.1) is 0 Å². The van der Waals surface area contributed by atoms with Crippen LogP contribution in [0.25, 0.3) is 0 Å². The number of nitrogens with zero attached hydrogens (tertiary/aromatic N) is 1. The molecule has 4 rings (SSSR count). The van der Waals surface area contributed by atoms with Crippen LogP contribution in [0.2, 0.25) is 10.0 Å². The Hall–Kier alpha value is -2.08. The molecule has 3 unspecified atom stereocenters. The molecule has 1 amide bonds. The van der Waals surface area contributed by atoms with Gasteiger partial charge in [-0.25, -0.2) is 0 Å². The maximum Gasteiger partial charge on any atom is 0.313 e. The average Bonchev–Trinajstić information content (AvgIpc) is 3.15. The van der Waals surface area contributed by atoms with Crippen molar-refractivity contribution in [2.45, 2.75) is 24.4 Å².